The number of aryl methyl sites for hydroxylation is 1. The van der Waals surface area contributed by atoms with Gasteiger partial charge in [-0.3, -0.25) is 4.31 Å². The van der Waals surface area contributed by atoms with Gasteiger partial charge in [-0.05, 0) is 42.3 Å². The van der Waals surface area contributed by atoms with Crippen molar-refractivity contribution in [3.8, 4) is 0 Å². The third-order valence-corrected chi connectivity index (χ3v) is 5.10. The second kappa shape index (κ2) is 5.64. The first-order valence-corrected chi connectivity index (χ1v) is 7.74. The summed E-state index contributed by atoms with van der Waals surface area (Å²) in [5.74, 6) is 0. The van der Waals surface area contributed by atoms with E-state index in [4.69, 9.17) is 5.73 Å². The zero-order chi connectivity index (χ0) is 14.8. The van der Waals surface area contributed by atoms with Gasteiger partial charge in [0.1, 0.15) is 0 Å². The van der Waals surface area contributed by atoms with Gasteiger partial charge in [0.05, 0.1) is 10.6 Å². The summed E-state index contributed by atoms with van der Waals surface area (Å²) in [4.78, 5) is 0.259. The van der Waals surface area contributed by atoms with Crippen LogP contribution in [0.4, 0.5) is 5.69 Å². The Morgan fingerprint density at radius 3 is 2.35 bits per heavy atom. The van der Waals surface area contributed by atoms with Gasteiger partial charge in [0.15, 0.2) is 0 Å². The molecular formula is C15H18N2O2S. The lowest BCUT2D eigenvalue weighted by Gasteiger charge is -2.20. The molecule has 0 saturated heterocycles. The summed E-state index contributed by atoms with van der Waals surface area (Å²) in [5.41, 5.74) is 8.10. The van der Waals surface area contributed by atoms with Crippen LogP contribution < -0.4 is 10.0 Å². The minimum Gasteiger partial charge on any atom is -0.326 e. The Hall–Kier alpha value is -1.85. The van der Waals surface area contributed by atoms with Gasteiger partial charge in [0.2, 0.25) is 0 Å². The SMILES string of the molecule is Cc1ccc(S(=O)(=O)N(C)c2ccccc2)cc1CN. The van der Waals surface area contributed by atoms with Crippen LogP contribution in [0.2, 0.25) is 0 Å². The standard InChI is InChI=1S/C15H18N2O2S/c1-12-8-9-15(10-13(12)11-16)20(18,19)17(2)14-6-4-3-5-7-14/h3-10H,11,16H2,1-2H3. The third-order valence-electron chi connectivity index (χ3n) is 3.32. The number of nitrogens with zero attached hydrogens (tertiary/aromatic N) is 1. The fourth-order valence-corrected chi connectivity index (χ4v) is 3.21. The molecule has 2 N–H and O–H groups in total. The maximum Gasteiger partial charge on any atom is 0.264 e. The molecule has 0 aliphatic rings. The zero-order valence-electron chi connectivity index (χ0n) is 11.6. The fraction of sp³-hybridized carbons (Fsp3) is 0.200. The molecule has 2 aromatic rings. The average molecular weight is 290 g/mol. The maximum absolute atomic E-state index is 12.6. The molecule has 0 aliphatic carbocycles. The number of sulfonamides is 1. The summed E-state index contributed by atoms with van der Waals surface area (Å²) >= 11 is 0. The van der Waals surface area contributed by atoms with Crippen LogP contribution in [0.5, 0.6) is 0 Å². The highest BCUT2D eigenvalue weighted by Gasteiger charge is 2.21. The van der Waals surface area contributed by atoms with Crippen LogP contribution >= 0.6 is 0 Å². The van der Waals surface area contributed by atoms with E-state index in [2.05, 4.69) is 0 Å². The van der Waals surface area contributed by atoms with Gasteiger partial charge < -0.3 is 5.73 Å². The molecule has 0 radical (unpaired) electrons. The second-order valence-electron chi connectivity index (χ2n) is 4.60. The van der Waals surface area contributed by atoms with Crippen molar-refractivity contribution >= 4 is 15.7 Å². The quantitative estimate of drug-likeness (QED) is 0.939. The van der Waals surface area contributed by atoms with E-state index in [0.29, 0.717) is 12.2 Å². The van der Waals surface area contributed by atoms with E-state index in [0.717, 1.165) is 11.1 Å². The molecule has 0 aliphatic heterocycles. The molecule has 0 fully saturated rings. The van der Waals surface area contributed by atoms with Gasteiger partial charge in [0, 0.05) is 13.6 Å². The lowest BCUT2D eigenvalue weighted by atomic mass is 10.1. The maximum atomic E-state index is 12.6. The van der Waals surface area contributed by atoms with E-state index >= 15 is 0 Å². The highest BCUT2D eigenvalue weighted by Crippen LogP contribution is 2.23. The van der Waals surface area contributed by atoms with Crippen molar-refractivity contribution in [2.45, 2.75) is 18.4 Å². The topological polar surface area (TPSA) is 63.4 Å². The fourth-order valence-electron chi connectivity index (χ4n) is 1.96. The number of hydrogen-bond acceptors (Lipinski definition) is 3. The van der Waals surface area contributed by atoms with Gasteiger partial charge >= 0.3 is 0 Å². The minimum atomic E-state index is -3.56. The van der Waals surface area contributed by atoms with Crippen LogP contribution in [0.1, 0.15) is 11.1 Å². The molecule has 4 nitrogen and oxygen atoms in total. The molecule has 0 heterocycles. The van der Waals surface area contributed by atoms with E-state index in [1.54, 1.807) is 37.4 Å². The van der Waals surface area contributed by atoms with Crippen molar-refractivity contribution in [3.05, 3.63) is 59.7 Å². The van der Waals surface area contributed by atoms with Gasteiger partial charge in [-0.15, -0.1) is 0 Å². The van der Waals surface area contributed by atoms with E-state index in [-0.39, 0.29) is 4.90 Å². The van der Waals surface area contributed by atoms with Gasteiger partial charge in [-0.25, -0.2) is 8.42 Å². The molecule has 0 bridgehead atoms. The number of anilines is 1. The van der Waals surface area contributed by atoms with Gasteiger partial charge in [0.25, 0.3) is 10.0 Å². The molecule has 0 amide bonds. The first-order chi connectivity index (χ1) is 9.46. The highest BCUT2D eigenvalue weighted by atomic mass is 32.2. The molecule has 0 atom stereocenters. The van der Waals surface area contributed by atoms with Gasteiger partial charge in [-0.1, -0.05) is 24.3 Å². The third kappa shape index (κ3) is 2.69. The molecule has 20 heavy (non-hydrogen) atoms. The van der Waals surface area contributed by atoms with Crippen LogP contribution in [-0.2, 0) is 16.6 Å². The summed E-state index contributed by atoms with van der Waals surface area (Å²) in [6.07, 6.45) is 0. The monoisotopic (exact) mass is 290 g/mol. The van der Waals surface area contributed by atoms with Crippen molar-refractivity contribution in [2.75, 3.05) is 11.4 Å². The lowest BCUT2D eigenvalue weighted by molar-refractivity contribution is 0.594. The van der Waals surface area contributed by atoms with Crippen LogP contribution in [0.25, 0.3) is 0 Å². The Labute approximate surface area is 119 Å². The first-order valence-electron chi connectivity index (χ1n) is 6.30. The van der Waals surface area contributed by atoms with Crippen LogP contribution in [-0.4, -0.2) is 15.5 Å². The zero-order valence-corrected chi connectivity index (χ0v) is 12.4. The first kappa shape index (κ1) is 14.6. The molecule has 0 saturated carbocycles. The number of benzene rings is 2. The number of rotatable bonds is 4. The minimum absolute atomic E-state index is 0.259. The van der Waals surface area contributed by atoms with Crippen molar-refractivity contribution in [1.29, 1.82) is 0 Å². The molecular weight excluding hydrogens is 272 g/mol. The molecule has 0 unspecified atom stereocenters. The Balaban J connectivity index is 2.45. The van der Waals surface area contributed by atoms with E-state index < -0.39 is 10.0 Å². The normalized spacial score (nSPS) is 11.3. The van der Waals surface area contributed by atoms with Crippen molar-refractivity contribution in [1.82, 2.24) is 0 Å². The molecule has 0 aromatic heterocycles. The summed E-state index contributed by atoms with van der Waals surface area (Å²) < 4.78 is 26.5. The second-order valence-corrected chi connectivity index (χ2v) is 6.57. The van der Waals surface area contributed by atoms with E-state index in [1.165, 1.54) is 4.31 Å². The lowest BCUT2D eigenvalue weighted by Crippen LogP contribution is -2.26. The van der Waals surface area contributed by atoms with Crippen LogP contribution in [0.3, 0.4) is 0 Å². The Bertz CT molecular complexity index is 697. The number of para-hydroxylation sites is 1. The van der Waals surface area contributed by atoms with Crippen molar-refractivity contribution < 1.29 is 8.42 Å². The molecule has 0 spiro atoms. The molecule has 2 rings (SSSR count). The smallest absolute Gasteiger partial charge is 0.264 e. The predicted octanol–water partition coefficient (Wildman–Crippen LogP) is 2.28. The number of nitrogens with two attached hydrogens (primary N) is 1. The summed E-state index contributed by atoms with van der Waals surface area (Å²) in [6.45, 7) is 2.24. The van der Waals surface area contributed by atoms with Gasteiger partial charge in [-0.2, -0.15) is 0 Å². The summed E-state index contributed by atoms with van der Waals surface area (Å²) in [6, 6.07) is 14.0. The number of hydrogen-bond donors (Lipinski definition) is 1. The highest BCUT2D eigenvalue weighted by molar-refractivity contribution is 7.92. The van der Waals surface area contributed by atoms with Crippen molar-refractivity contribution in [2.24, 2.45) is 5.73 Å². The van der Waals surface area contributed by atoms with Crippen LogP contribution in [0, 0.1) is 6.92 Å². The van der Waals surface area contributed by atoms with Crippen LogP contribution in [0.15, 0.2) is 53.4 Å². The predicted molar refractivity (Wildman–Crippen MR) is 81.1 cm³/mol. The molecule has 2 aromatic carbocycles. The van der Waals surface area contributed by atoms with E-state index in [1.807, 2.05) is 25.1 Å². The Morgan fingerprint density at radius 1 is 1.10 bits per heavy atom. The van der Waals surface area contributed by atoms with E-state index in [9.17, 15) is 8.42 Å². The Morgan fingerprint density at radius 2 is 1.75 bits per heavy atom. The molecule has 106 valence electrons. The van der Waals surface area contributed by atoms with Crippen molar-refractivity contribution in [3.63, 3.8) is 0 Å². The summed E-state index contributed by atoms with van der Waals surface area (Å²) in [5, 5.41) is 0. The molecule has 5 heteroatoms. The average Bonchev–Trinajstić information content (AvgIpc) is 2.47. The summed E-state index contributed by atoms with van der Waals surface area (Å²) in [7, 11) is -2.02. The Kier molecular flexibility index (Phi) is 4.11. The largest absolute Gasteiger partial charge is 0.326 e.